The van der Waals surface area contributed by atoms with Crippen molar-refractivity contribution in [2.75, 3.05) is 37.6 Å². The molecule has 5 nitrogen and oxygen atoms in total. The third-order valence-electron chi connectivity index (χ3n) is 6.39. The number of hydrogen-bond donors (Lipinski definition) is 1. The van der Waals surface area contributed by atoms with Crippen molar-refractivity contribution in [2.45, 2.75) is 32.2 Å². The van der Waals surface area contributed by atoms with Gasteiger partial charge in [-0.15, -0.1) is 0 Å². The summed E-state index contributed by atoms with van der Waals surface area (Å²) >= 11 is 0. The molecule has 0 spiro atoms. The van der Waals surface area contributed by atoms with E-state index in [-0.39, 0.29) is 11.8 Å². The van der Waals surface area contributed by atoms with E-state index in [1.807, 2.05) is 24.3 Å². The molecule has 1 fully saturated rings. The maximum atomic E-state index is 12.6. The van der Waals surface area contributed by atoms with E-state index in [1.165, 1.54) is 11.1 Å². The van der Waals surface area contributed by atoms with Crippen molar-refractivity contribution in [1.29, 1.82) is 5.26 Å². The summed E-state index contributed by atoms with van der Waals surface area (Å²) in [5.41, 5.74) is 4.74. The van der Waals surface area contributed by atoms with Gasteiger partial charge in [-0.1, -0.05) is 24.3 Å². The summed E-state index contributed by atoms with van der Waals surface area (Å²) < 4.78 is 0. The summed E-state index contributed by atoms with van der Waals surface area (Å²) in [6, 6.07) is 18.6. The van der Waals surface area contributed by atoms with Crippen LogP contribution in [0.15, 0.2) is 48.5 Å². The van der Waals surface area contributed by atoms with Gasteiger partial charge < -0.3 is 10.2 Å². The molecule has 0 unspecified atom stereocenters. The number of fused-ring (bicyclic) bond motifs is 1. The van der Waals surface area contributed by atoms with Crippen LogP contribution in [0, 0.1) is 17.2 Å². The van der Waals surface area contributed by atoms with Crippen LogP contribution in [0.2, 0.25) is 0 Å². The first-order chi connectivity index (χ1) is 14.7. The standard InChI is InChI=1S/C25H30N4O/c26-18-20-6-8-24(9-7-20)29-16-11-22(12-17-29)25(30)27-13-3-14-28-15-10-21-4-1-2-5-23(21)19-28/h1-2,4-9,22H,3,10-17,19H2,(H,27,30). The molecule has 0 atom stereocenters. The molecule has 1 amide bonds. The Kier molecular flexibility index (Phi) is 6.66. The molecular formula is C25H30N4O. The maximum absolute atomic E-state index is 12.6. The molecule has 1 saturated heterocycles. The summed E-state index contributed by atoms with van der Waals surface area (Å²) in [7, 11) is 0. The van der Waals surface area contributed by atoms with Gasteiger partial charge in [0.1, 0.15) is 0 Å². The number of rotatable bonds is 6. The molecule has 2 aliphatic rings. The van der Waals surface area contributed by atoms with Crippen LogP contribution in [-0.2, 0) is 17.8 Å². The van der Waals surface area contributed by atoms with Gasteiger partial charge in [-0.05, 0) is 61.1 Å². The minimum Gasteiger partial charge on any atom is -0.371 e. The van der Waals surface area contributed by atoms with Crippen molar-refractivity contribution in [2.24, 2.45) is 5.92 Å². The molecule has 156 valence electrons. The monoisotopic (exact) mass is 402 g/mol. The molecule has 0 saturated carbocycles. The molecule has 5 heteroatoms. The minimum absolute atomic E-state index is 0.112. The molecule has 2 heterocycles. The topological polar surface area (TPSA) is 59.4 Å². The summed E-state index contributed by atoms with van der Waals surface area (Å²) in [5, 5.41) is 12.1. The fourth-order valence-corrected chi connectivity index (χ4v) is 4.55. The molecule has 4 rings (SSSR count). The second kappa shape index (κ2) is 9.77. The van der Waals surface area contributed by atoms with Gasteiger partial charge in [0.05, 0.1) is 11.6 Å². The van der Waals surface area contributed by atoms with E-state index in [0.29, 0.717) is 5.56 Å². The first-order valence-corrected chi connectivity index (χ1v) is 11.0. The van der Waals surface area contributed by atoms with Crippen molar-refractivity contribution in [3.63, 3.8) is 0 Å². The highest BCUT2D eigenvalue weighted by molar-refractivity contribution is 5.79. The van der Waals surface area contributed by atoms with Crippen molar-refractivity contribution < 1.29 is 4.79 Å². The van der Waals surface area contributed by atoms with E-state index < -0.39 is 0 Å². The van der Waals surface area contributed by atoms with Crippen LogP contribution in [0.1, 0.15) is 36.0 Å². The van der Waals surface area contributed by atoms with Crippen LogP contribution in [0.4, 0.5) is 5.69 Å². The Hall–Kier alpha value is -2.84. The van der Waals surface area contributed by atoms with Crippen molar-refractivity contribution in [3.05, 3.63) is 65.2 Å². The Labute approximate surface area is 179 Å². The predicted octanol–water partition coefficient (Wildman–Crippen LogP) is 3.34. The molecule has 0 aliphatic carbocycles. The number of piperidine rings is 1. The van der Waals surface area contributed by atoms with Crippen molar-refractivity contribution in [3.8, 4) is 6.07 Å². The molecule has 2 aromatic carbocycles. The average molecular weight is 403 g/mol. The van der Waals surface area contributed by atoms with E-state index in [0.717, 1.165) is 70.6 Å². The van der Waals surface area contributed by atoms with Crippen LogP contribution in [0.3, 0.4) is 0 Å². The number of nitriles is 1. The fraction of sp³-hybridized carbons (Fsp3) is 0.440. The number of nitrogens with zero attached hydrogens (tertiary/aromatic N) is 3. The van der Waals surface area contributed by atoms with Crippen LogP contribution in [-0.4, -0.2) is 43.5 Å². The fourth-order valence-electron chi connectivity index (χ4n) is 4.55. The van der Waals surface area contributed by atoms with E-state index >= 15 is 0 Å². The summed E-state index contributed by atoms with van der Waals surface area (Å²) in [6.45, 7) is 5.70. The third kappa shape index (κ3) is 5.01. The van der Waals surface area contributed by atoms with Crippen molar-refractivity contribution in [1.82, 2.24) is 10.2 Å². The highest BCUT2D eigenvalue weighted by Crippen LogP contribution is 2.24. The van der Waals surface area contributed by atoms with Crippen LogP contribution >= 0.6 is 0 Å². The smallest absolute Gasteiger partial charge is 0.223 e. The summed E-state index contributed by atoms with van der Waals surface area (Å²) in [4.78, 5) is 17.4. The molecule has 2 aromatic rings. The molecular weight excluding hydrogens is 372 g/mol. The van der Waals surface area contributed by atoms with E-state index in [4.69, 9.17) is 5.26 Å². The van der Waals surface area contributed by atoms with Gasteiger partial charge in [0, 0.05) is 50.9 Å². The van der Waals surface area contributed by atoms with E-state index in [2.05, 4.69) is 45.5 Å². The summed E-state index contributed by atoms with van der Waals surface area (Å²) in [6.07, 6.45) is 3.89. The zero-order valence-electron chi connectivity index (χ0n) is 17.5. The lowest BCUT2D eigenvalue weighted by molar-refractivity contribution is -0.125. The number of benzene rings is 2. The summed E-state index contributed by atoms with van der Waals surface area (Å²) in [5.74, 6) is 0.319. The number of amides is 1. The van der Waals surface area contributed by atoms with Crippen LogP contribution < -0.4 is 10.2 Å². The first-order valence-electron chi connectivity index (χ1n) is 11.0. The van der Waals surface area contributed by atoms with Crippen LogP contribution in [0.25, 0.3) is 0 Å². The lowest BCUT2D eigenvalue weighted by atomic mass is 9.95. The maximum Gasteiger partial charge on any atom is 0.223 e. The zero-order chi connectivity index (χ0) is 20.8. The second-order valence-electron chi connectivity index (χ2n) is 8.36. The van der Waals surface area contributed by atoms with Gasteiger partial charge >= 0.3 is 0 Å². The van der Waals surface area contributed by atoms with E-state index in [9.17, 15) is 4.79 Å². The lowest BCUT2D eigenvalue weighted by Gasteiger charge is -2.33. The number of hydrogen-bond acceptors (Lipinski definition) is 4. The molecule has 0 aromatic heterocycles. The number of carbonyl (C=O) groups excluding carboxylic acids is 1. The SMILES string of the molecule is N#Cc1ccc(N2CCC(C(=O)NCCCN3CCc4ccccc4C3)CC2)cc1. The van der Waals surface area contributed by atoms with Gasteiger partial charge in [0.25, 0.3) is 0 Å². The van der Waals surface area contributed by atoms with E-state index in [1.54, 1.807) is 0 Å². The van der Waals surface area contributed by atoms with Crippen molar-refractivity contribution >= 4 is 11.6 Å². The third-order valence-corrected chi connectivity index (χ3v) is 6.39. The average Bonchev–Trinajstić information content (AvgIpc) is 2.82. The number of anilines is 1. The van der Waals surface area contributed by atoms with Gasteiger partial charge in [0.15, 0.2) is 0 Å². The molecule has 30 heavy (non-hydrogen) atoms. The van der Waals surface area contributed by atoms with Gasteiger partial charge in [-0.25, -0.2) is 0 Å². The highest BCUT2D eigenvalue weighted by Gasteiger charge is 2.25. The molecule has 1 N–H and O–H groups in total. The Morgan fingerprint density at radius 2 is 1.77 bits per heavy atom. The van der Waals surface area contributed by atoms with Gasteiger partial charge in [0.2, 0.25) is 5.91 Å². The first kappa shape index (κ1) is 20.4. The number of carbonyl (C=O) groups is 1. The predicted molar refractivity (Wildman–Crippen MR) is 119 cm³/mol. The number of nitrogens with one attached hydrogen (secondary N) is 1. The molecule has 2 aliphatic heterocycles. The highest BCUT2D eigenvalue weighted by atomic mass is 16.1. The minimum atomic E-state index is 0.112. The lowest BCUT2D eigenvalue weighted by Crippen LogP contribution is -2.41. The normalized spacial score (nSPS) is 17.2. The van der Waals surface area contributed by atoms with Gasteiger partial charge in [-0.2, -0.15) is 5.26 Å². The van der Waals surface area contributed by atoms with Crippen LogP contribution in [0.5, 0.6) is 0 Å². The molecule has 0 radical (unpaired) electrons. The Morgan fingerprint density at radius 3 is 2.50 bits per heavy atom. The van der Waals surface area contributed by atoms with Gasteiger partial charge in [-0.3, -0.25) is 9.69 Å². The quantitative estimate of drug-likeness (QED) is 0.753. The Bertz CT molecular complexity index is 894. The second-order valence-corrected chi connectivity index (χ2v) is 8.36. The Morgan fingerprint density at radius 1 is 1.03 bits per heavy atom. The largest absolute Gasteiger partial charge is 0.371 e. The molecule has 0 bridgehead atoms. The Balaban J connectivity index is 1.15. The zero-order valence-corrected chi connectivity index (χ0v) is 17.5.